The molecule has 1 amide bonds. The van der Waals surface area contributed by atoms with Gasteiger partial charge in [0, 0.05) is 12.1 Å². The van der Waals surface area contributed by atoms with Gasteiger partial charge in [-0.05, 0) is 13.8 Å². The van der Waals surface area contributed by atoms with Gasteiger partial charge in [0.15, 0.2) is 0 Å². The molecule has 1 aromatic heterocycles. The Labute approximate surface area is 111 Å². The largest absolute Gasteiger partial charge is 0.368 e. The number of hydrogen-bond acceptors (Lipinski definition) is 4. The highest BCUT2D eigenvalue weighted by Gasteiger charge is 2.18. The van der Waals surface area contributed by atoms with Gasteiger partial charge in [0.25, 0.3) is 5.91 Å². The number of benzene rings is 1. The third-order valence-electron chi connectivity index (χ3n) is 2.72. The summed E-state index contributed by atoms with van der Waals surface area (Å²) in [5, 5.41) is 2.77. The lowest BCUT2D eigenvalue weighted by Crippen LogP contribution is -2.25. The quantitative estimate of drug-likeness (QED) is 0.877. The third-order valence-corrected chi connectivity index (χ3v) is 2.72. The SMILES string of the molecule is CCNC(=O)c1c(C)nc(N)nc1-c1ccccc1. The first-order valence-electron chi connectivity index (χ1n) is 6.11. The number of hydrogen-bond donors (Lipinski definition) is 2. The predicted octanol–water partition coefficient (Wildman–Crippen LogP) is 1.78. The highest BCUT2D eigenvalue weighted by molar-refractivity contribution is 6.01. The molecule has 0 spiro atoms. The minimum atomic E-state index is -0.182. The molecule has 2 aromatic rings. The van der Waals surface area contributed by atoms with Crippen molar-refractivity contribution < 1.29 is 4.79 Å². The van der Waals surface area contributed by atoms with Crippen LogP contribution in [0.4, 0.5) is 5.95 Å². The van der Waals surface area contributed by atoms with Crippen molar-refractivity contribution in [2.24, 2.45) is 0 Å². The van der Waals surface area contributed by atoms with Gasteiger partial charge < -0.3 is 11.1 Å². The smallest absolute Gasteiger partial charge is 0.255 e. The summed E-state index contributed by atoms with van der Waals surface area (Å²) in [6, 6.07) is 9.48. The second-order valence-electron chi connectivity index (χ2n) is 4.12. The normalized spacial score (nSPS) is 10.2. The maximum absolute atomic E-state index is 12.1. The maximum atomic E-state index is 12.1. The number of rotatable bonds is 3. The number of nitrogens with one attached hydrogen (secondary N) is 1. The van der Waals surface area contributed by atoms with Gasteiger partial charge >= 0.3 is 0 Å². The predicted molar refractivity (Wildman–Crippen MR) is 74.6 cm³/mol. The molecule has 98 valence electrons. The van der Waals surface area contributed by atoms with E-state index in [0.29, 0.717) is 23.5 Å². The van der Waals surface area contributed by atoms with Crippen LogP contribution in [0.3, 0.4) is 0 Å². The Kier molecular flexibility index (Phi) is 3.75. The zero-order valence-corrected chi connectivity index (χ0v) is 11.0. The monoisotopic (exact) mass is 256 g/mol. The van der Waals surface area contributed by atoms with E-state index in [4.69, 9.17) is 5.73 Å². The molecular formula is C14H16N4O. The molecule has 0 saturated heterocycles. The Morgan fingerprint density at radius 2 is 1.95 bits per heavy atom. The van der Waals surface area contributed by atoms with Crippen molar-refractivity contribution >= 4 is 11.9 Å². The Bertz CT molecular complexity index is 596. The molecule has 5 heteroatoms. The number of nitrogens with two attached hydrogens (primary N) is 1. The number of aromatic nitrogens is 2. The Morgan fingerprint density at radius 3 is 2.58 bits per heavy atom. The zero-order chi connectivity index (χ0) is 13.8. The van der Waals surface area contributed by atoms with E-state index in [0.717, 1.165) is 5.56 Å². The summed E-state index contributed by atoms with van der Waals surface area (Å²) in [7, 11) is 0. The Balaban J connectivity index is 2.62. The molecule has 2 rings (SSSR count). The van der Waals surface area contributed by atoms with Crippen molar-refractivity contribution in [3.8, 4) is 11.3 Å². The summed E-state index contributed by atoms with van der Waals surface area (Å²) in [5.41, 5.74) is 8.16. The molecule has 0 aliphatic carbocycles. The molecule has 0 aliphatic rings. The molecule has 0 unspecified atom stereocenters. The first-order valence-corrected chi connectivity index (χ1v) is 6.11. The molecule has 19 heavy (non-hydrogen) atoms. The van der Waals surface area contributed by atoms with E-state index in [1.54, 1.807) is 6.92 Å². The van der Waals surface area contributed by atoms with Crippen LogP contribution >= 0.6 is 0 Å². The fourth-order valence-electron chi connectivity index (χ4n) is 1.92. The highest BCUT2D eigenvalue weighted by Crippen LogP contribution is 2.24. The standard InChI is InChI=1S/C14H16N4O/c1-3-16-13(19)11-9(2)17-14(15)18-12(11)10-7-5-4-6-8-10/h4-8H,3H2,1-2H3,(H,16,19)(H2,15,17,18). The molecule has 1 aromatic carbocycles. The second-order valence-corrected chi connectivity index (χ2v) is 4.12. The van der Waals surface area contributed by atoms with Gasteiger partial charge in [-0.2, -0.15) is 0 Å². The van der Waals surface area contributed by atoms with Gasteiger partial charge in [-0.15, -0.1) is 0 Å². The van der Waals surface area contributed by atoms with E-state index in [2.05, 4.69) is 15.3 Å². The molecule has 0 atom stereocenters. The fourth-order valence-corrected chi connectivity index (χ4v) is 1.92. The van der Waals surface area contributed by atoms with Crippen LogP contribution in [-0.2, 0) is 0 Å². The lowest BCUT2D eigenvalue weighted by molar-refractivity contribution is 0.0955. The van der Waals surface area contributed by atoms with Crippen LogP contribution in [0.1, 0.15) is 23.0 Å². The van der Waals surface area contributed by atoms with E-state index < -0.39 is 0 Å². The van der Waals surface area contributed by atoms with E-state index >= 15 is 0 Å². The van der Waals surface area contributed by atoms with Crippen LogP contribution in [0, 0.1) is 6.92 Å². The maximum Gasteiger partial charge on any atom is 0.255 e. The van der Waals surface area contributed by atoms with Crippen molar-refractivity contribution in [2.75, 3.05) is 12.3 Å². The molecule has 0 saturated carbocycles. The summed E-state index contributed by atoms with van der Waals surface area (Å²) in [4.78, 5) is 20.4. The molecule has 0 aliphatic heterocycles. The van der Waals surface area contributed by atoms with Crippen molar-refractivity contribution in [3.63, 3.8) is 0 Å². The Morgan fingerprint density at radius 1 is 1.26 bits per heavy atom. The van der Waals surface area contributed by atoms with Crippen molar-refractivity contribution in [3.05, 3.63) is 41.6 Å². The van der Waals surface area contributed by atoms with Crippen molar-refractivity contribution in [2.45, 2.75) is 13.8 Å². The molecule has 0 radical (unpaired) electrons. The molecule has 0 fully saturated rings. The van der Waals surface area contributed by atoms with Gasteiger partial charge in [-0.25, -0.2) is 9.97 Å². The summed E-state index contributed by atoms with van der Waals surface area (Å²) >= 11 is 0. The first-order chi connectivity index (χ1) is 9.13. The van der Waals surface area contributed by atoms with E-state index in [1.807, 2.05) is 37.3 Å². The van der Waals surface area contributed by atoms with Crippen LogP contribution in [0.2, 0.25) is 0 Å². The average Bonchev–Trinajstić information content (AvgIpc) is 2.39. The van der Waals surface area contributed by atoms with Crippen molar-refractivity contribution in [1.82, 2.24) is 15.3 Å². The van der Waals surface area contributed by atoms with Gasteiger partial charge in [0.05, 0.1) is 17.0 Å². The van der Waals surface area contributed by atoms with Crippen LogP contribution in [0.5, 0.6) is 0 Å². The highest BCUT2D eigenvalue weighted by atomic mass is 16.1. The minimum Gasteiger partial charge on any atom is -0.368 e. The van der Waals surface area contributed by atoms with E-state index in [1.165, 1.54) is 0 Å². The number of anilines is 1. The lowest BCUT2D eigenvalue weighted by atomic mass is 10.0. The number of nitrogen functional groups attached to an aromatic ring is 1. The molecule has 1 heterocycles. The van der Waals surface area contributed by atoms with Gasteiger partial charge in [0.2, 0.25) is 5.95 Å². The first kappa shape index (κ1) is 13.0. The van der Waals surface area contributed by atoms with Gasteiger partial charge in [-0.3, -0.25) is 4.79 Å². The third kappa shape index (κ3) is 2.70. The number of aryl methyl sites for hydroxylation is 1. The topological polar surface area (TPSA) is 80.9 Å². The molecule has 0 bridgehead atoms. The lowest BCUT2D eigenvalue weighted by Gasteiger charge is -2.11. The summed E-state index contributed by atoms with van der Waals surface area (Å²) in [6.07, 6.45) is 0. The zero-order valence-electron chi connectivity index (χ0n) is 11.0. The van der Waals surface area contributed by atoms with Crippen LogP contribution in [-0.4, -0.2) is 22.4 Å². The van der Waals surface area contributed by atoms with E-state index in [9.17, 15) is 4.79 Å². The Hall–Kier alpha value is -2.43. The van der Waals surface area contributed by atoms with Gasteiger partial charge in [-0.1, -0.05) is 30.3 Å². The van der Waals surface area contributed by atoms with Crippen molar-refractivity contribution in [1.29, 1.82) is 0 Å². The van der Waals surface area contributed by atoms with Crippen LogP contribution in [0.15, 0.2) is 30.3 Å². The summed E-state index contributed by atoms with van der Waals surface area (Å²) in [6.45, 7) is 4.18. The number of carbonyl (C=O) groups is 1. The fraction of sp³-hybridized carbons (Fsp3) is 0.214. The molecular weight excluding hydrogens is 240 g/mol. The summed E-state index contributed by atoms with van der Waals surface area (Å²) < 4.78 is 0. The van der Waals surface area contributed by atoms with Gasteiger partial charge in [0.1, 0.15) is 0 Å². The van der Waals surface area contributed by atoms with Crippen LogP contribution < -0.4 is 11.1 Å². The molecule has 5 nitrogen and oxygen atoms in total. The number of carbonyl (C=O) groups excluding carboxylic acids is 1. The molecule has 3 N–H and O–H groups in total. The van der Waals surface area contributed by atoms with E-state index in [-0.39, 0.29) is 11.9 Å². The number of amides is 1. The average molecular weight is 256 g/mol. The minimum absolute atomic E-state index is 0.171. The second kappa shape index (κ2) is 5.48. The number of nitrogens with zero attached hydrogens (tertiary/aromatic N) is 2. The summed E-state index contributed by atoms with van der Waals surface area (Å²) in [5.74, 6) is -0.0109. The van der Waals surface area contributed by atoms with Crippen LogP contribution in [0.25, 0.3) is 11.3 Å².